The molecular formula is C13H23N3O4. The number of carbonyl (C=O) groups is 1. The van der Waals surface area contributed by atoms with E-state index < -0.39 is 6.17 Å². The summed E-state index contributed by atoms with van der Waals surface area (Å²) in [7, 11) is 0. The standard InChI is InChI=1S/C13H23N3O4/c1-2-20-13(17)10-4-3-7-15(9-10)11-5-6-12(14-8-11)16(18)19/h10-12,14H,2-9H2,1H3. The third-order valence-electron chi connectivity index (χ3n) is 4.21. The first-order chi connectivity index (χ1) is 9.61. The molecule has 2 aliphatic heterocycles. The molecule has 0 aromatic heterocycles. The molecule has 0 radical (unpaired) electrons. The number of ether oxygens (including phenoxy) is 1. The summed E-state index contributed by atoms with van der Waals surface area (Å²) in [6, 6.07) is 0.295. The van der Waals surface area contributed by atoms with Crippen molar-refractivity contribution in [3.8, 4) is 0 Å². The van der Waals surface area contributed by atoms with Crippen LogP contribution in [0.15, 0.2) is 0 Å². The van der Waals surface area contributed by atoms with Crippen LogP contribution in [0.3, 0.4) is 0 Å². The quantitative estimate of drug-likeness (QED) is 0.463. The Kier molecular flexibility index (Phi) is 5.31. The number of hydrogen-bond donors (Lipinski definition) is 1. The molecule has 7 nitrogen and oxygen atoms in total. The van der Waals surface area contributed by atoms with Crippen LogP contribution in [-0.4, -0.2) is 54.2 Å². The lowest BCUT2D eigenvalue weighted by atomic mass is 9.94. The number of rotatable bonds is 4. The summed E-state index contributed by atoms with van der Waals surface area (Å²) in [6.45, 7) is 4.55. The minimum Gasteiger partial charge on any atom is -0.466 e. The van der Waals surface area contributed by atoms with Gasteiger partial charge < -0.3 is 4.74 Å². The highest BCUT2D eigenvalue weighted by atomic mass is 16.6. The maximum atomic E-state index is 11.8. The molecule has 2 rings (SSSR count). The molecule has 0 spiro atoms. The molecule has 3 atom stereocenters. The smallest absolute Gasteiger partial charge is 0.310 e. The monoisotopic (exact) mass is 285 g/mol. The minimum absolute atomic E-state index is 0.0445. The first kappa shape index (κ1) is 15.2. The molecule has 20 heavy (non-hydrogen) atoms. The molecule has 0 bridgehead atoms. The Morgan fingerprint density at radius 2 is 2.25 bits per heavy atom. The van der Waals surface area contributed by atoms with Crippen LogP contribution in [-0.2, 0) is 9.53 Å². The number of nitrogens with one attached hydrogen (secondary N) is 1. The van der Waals surface area contributed by atoms with E-state index in [-0.39, 0.29) is 16.8 Å². The van der Waals surface area contributed by atoms with Gasteiger partial charge in [-0.05, 0) is 32.7 Å². The number of piperidine rings is 2. The second-order valence-electron chi connectivity index (χ2n) is 5.53. The topological polar surface area (TPSA) is 84.7 Å². The average molecular weight is 285 g/mol. The predicted molar refractivity (Wildman–Crippen MR) is 72.7 cm³/mol. The minimum atomic E-state index is -0.614. The summed E-state index contributed by atoms with van der Waals surface area (Å²) in [5.74, 6) is -0.152. The van der Waals surface area contributed by atoms with E-state index in [1.54, 1.807) is 0 Å². The lowest BCUT2D eigenvalue weighted by molar-refractivity contribution is -0.532. The van der Waals surface area contributed by atoms with Gasteiger partial charge in [-0.1, -0.05) is 0 Å². The predicted octanol–water partition coefficient (Wildman–Crippen LogP) is 0.616. The van der Waals surface area contributed by atoms with Crippen LogP contribution >= 0.6 is 0 Å². The summed E-state index contributed by atoms with van der Waals surface area (Å²) in [6.07, 6.45) is 2.62. The highest BCUT2D eigenvalue weighted by Gasteiger charge is 2.34. The van der Waals surface area contributed by atoms with Gasteiger partial charge in [-0.15, -0.1) is 0 Å². The lowest BCUT2D eigenvalue weighted by Gasteiger charge is -2.39. The van der Waals surface area contributed by atoms with Crippen molar-refractivity contribution in [3.63, 3.8) is 0 Å². The molecule has 0 amide bonds. The van der Waals surface area contributed by atoms with Crippen LogP contribution in [0.2, 0.25) is 0 Å². The van der Waals surface area contributed by atoms with Gasteiger partial charge in [-0.25, -0.2) is 0 Å². The number of likely N-dealkylation sites (tertiary alicyclic amines) is 1. The number of carbonyl (C=O) groups excluding carboxylic acids is 1. The molecule has 2 aliphatic rings. The van der Waals surface area contributed by atoms with Crippen LogP contribution in [0.1, 0.15) is 32.6 Å². The SMILES string of the molecule is CCOC(=O)C1CCCN(C2CCC([N+](=O)[O-])NC2)C1. The summed E-state index contributed by atoms with van der Waals surface area (Å²) in [4.78, 5) is 24.6. The normalized spacial score (nSPS) is 31.8. The van der Waals surface area contributed by atoms with E-state index in [1.165, 1.54) is 0 Å². The van der Waals surface area contributed by atoms with Crippen molar-refractivity contribution in [2.24, 2.45) is 5.92 Å². The third kappa shape index (κ3) is 3.67. The van der Waals surface area contributed by atoms with Gasteiger partial charge in [0.15, 0.2) is 0 Å². The van der Waals surface area contributed by atoms with Crippen LogP contribution < -0.4 is 5.32 Å². The third-order valence-corrected chi connectivity index (χ3v) is 4.21. The van der Waals surface area contributed by atoms with E-state index in [1.807, 2.05) is 6.92 Å². The Morgan fingerprint density at radius 3 is 2.85 bits per heavy atom. The second-order valence-corrected chi connectivity index (χ2v) is 5.53. The Bertz CT molecular complexity index is 356. The molecule has 3 unspecified atom stereocenters. The van der Waals surface area contributed by atoms with Crippen LogP contribution in [0.4, 0.5) is 0 Å². The number of hydrogen-bond acceptors (Lipinski definition) is 6. The fourth-order valence-electron chi connectivity index (χ4n) is 3.11. The zero-order valence-electron chi connectivity index (χ0n) is 11.9. The molecule has 2 fully saturated rings. The molecule has 0 aliphatic carbocycles. The van der Waals surface area contributed by atoms with E-state index in [4.69, 9.17) is 4.74 Å². The maximum Gasteiger partial charge on any atom is 0.310 e. The number of esters is 1. The molecular weight excluding hydrogens is 262 g/mol. The second kappa shape index (κ2) is 6.99. The average Bonchev–Trinajstić information content (AvgIpc) is 2.48. The van der Waals surface area contributed by atoms with Crippen LogP contribution in [0.5, 0.6) is 0 Å². The van der Waals surface area contributed by atoms with Gasteiger partial charge in [0.1, 0.15) is 0 Å². The highest BCUT2D eigenvalue weighted by Crippen LogP contribution is 2.23. The molecule has 1 N–H and O–H groups in total. The number of nitro groups is 1. The van der Waals surface area contributed by atoms with Gasteiger partial charge in [0, 0.05) is 30.5 Å². The molecule has 2 saturated heterocycles. The molecule has 114 valence electrons. The molecule has 0 aromatic carbocycles. The number of nitrogens with zero attached hydrogens (tertiary/aromatic N) is 2. The maximum absolute atomic E-state index is 11.8. The van der Waals surface area contributed by atoms with Gasteiger partial charge in [0.25, 0.3) is 6.17 Å². The van der Waals surface area contributed by atoms with Crippen LogP contribution in [0, 0.1) is 16.0 Å². The van der Waals surface area contributed by atoms with Crippen molar-refractivity contribution >= 4 is 5.97 Å². The van der Waals surface area contributed by atoms with Crippen molar-refractivity contribution < 1.29 is 14.5 Å². The lowest BCUT2D eigenvalue weighted by Crippen LogP contribution is -2.54. The Labute approximate surface area is 118 Å². The van der Waals surface area contributed by atoms with E-state index in [2.05, 4.69) is 10.2 Å². The van der Waals surface area contributed by atoms with Gasteiger partial charge in [-0.3, -0.25) is 25.1 Å². The van der Waals surface area contributed by atoms with Crippen molar-refractivity contribution in [1.82, 2.24) is 10.2 Å². The van der Waals surface area contributed by atoms with Gasteiger partial charge in [0.2, 0.25) is 0 Å². The van der Waals surface area contributed by atoms with Crippen molar-refractivity contribution in [2.75, 3.05) is 26.2 Å². The Morgan fingerprint density at radius 1 is 1.45 bits per heavy atom. The summed E-state index contributed by atoms with van der Waals surface area (Å²) in [5, 5.41) is 13.7. The molecule has 7 heteroatoms. The summed E-state index contributed by atoms with van der Waals surface area (Å²) >= 11 is 0. The van der Waals surface area contributed by atoms with Crippen molar-refractivity contribution in [1.29, 1.82) is 0 Å². The van der Waals surface area contributed by atoms with Crippen molar-refractivity contribution in [3.05, 3.63) is 10.1 Å². The van der Waals surface area contributed by atoms with Gasteiger partial charge >= 0.3 is 5.97 Å². The fraction of sp³-hybridized carbons (Fsp3) is 0.923. The zero-order chi connectivity index (χ0) is 14.5. The largest absolute Gasteiger partial charge is 0.466 e. The van der Waals surface area contributed by atoms with E-state index in [0.29, 0.717) is 32.2 Å². The molecule has 2 heterocycles. The fourth-order valence-corrected chi connectivity index (χ4v) is 3.11. The van der Waals surface area contributed by atoms with E-state index >= 15 is 0 Å². The zero-order valence-corrected chi connectivity index (χ0v) is 11.9. The Hall–Kier alpha value is -1.21. The van der Waals surface area contributed by atoms with Gasteiger partial charge in [-0.2, -0.15) is 0 Å². The highest BCUT2D eigenvalue weighted by molar-refractivity contribution is 5.72. The first-order valence-electron chi connectivity index (χ1n) is 7.39. The first-order valence-corrected chi connectivity index (χ1v) is 7.39. The summed E-state index contributed by atoms with van der Waals surface area (Å²) < 4.78 is 5.09. The molecule has 0 saturated carbocycles. The van der Waals surface area contributed by atoms with Gasteiger partial charge in [0.05, 0.1) is 12.5 Å². The Balaban J connectivity index is 1.84. The van der Waals surface area contributed by atoms with E-state index in [0.717, 1.165) is 25.8 Å². The molecule has 0 aromatic rings. The summed E-state index contributed by atoms with van der Waals surface area (Å²) in [5.41, 5.74) is 0. The van der Waals surface area contributed by atoms with E-state index in [9.17, 15) is 14.9 Å². The van der Waals surface area contributed by atoms with Crippen LogP contribution in [0.25, 0.3) is 0 Å². The van der Waals surface area contributed by atoms with Crippen molar-refractivity contribution in [2.45, 2.75) is 44.8 Å².